The Morgan fingerprint density at radius 2 is 1.89 bits per heavy atom. The number of pyridine rings is 1. The fourth-order valence-electron chi connectivity index (χ4n) is 3.66. The Kier molecular flexibility index (Phi) is 4.72. The van der Waals surface area contributed by atoms with E-state index >= 15 is 0 Å². The quantitative estimate of drug-likeness (QED) is 0.743. The van der Waals surface area contributed by atoms with E-state index in [9.17, 15) is 4.79 Å². The molecule has 1 aliphatic rings. The Balaban J connectivity index is 1.50. The molecule has 8 nitrogen and oxygen atoms in total. The Morgan fingerprint density at radius 1 is 1.11 bits per heavy atom. The van der Waals surface area contributed by atoms with Crippen molar-refractivity contribution in [1.29, 1.82) is 0 Å². The Labute approximate surface area is 157 Å². The van der Waals surface area contributed by atoms with Gasteiger partial charge in [0.05, 0.1) is 6.33 Å². The smallest absolute Gasteiger partial charge is 0.251 e. The zero-order valence-corrected chi connectivity index (χ0v) is 15.3. The van der Waals surface area contributed by atoms with Crippen molar-refractivity contribution in [1.82, 2.24) is 29.2 Å². The number of nitrogens with zero attached hydrogens (tertiary/aromatic N) is 6. The first kappa shape index (κ1) is 17.4. The normalized spacial score (nSPS) is 16.9. The number of piperidine rings is 1. The lowest BCUT2D eigenvalue weighted by Gasteiger charge is -2.41. The molecule has 1 aliphatic heterocycles. The van der Waals surface area contributed by atoms with Crippen molar-refractivity contribution in [3.05, 3.63) is 61.1 Å². The lowest BCUT2D eigenvalue weighted by Crippen LogP contribution is -2.52. The van der Waals surface area contributed by atoms with Gasteiger partial charge in [-0.05, 0) is 30.5 Å². The van der Waals surface area contributed by atoms with Gasteiger partial charge >= 0.3 is 0 Å². The molecule has 4 rings (SSSR count). The second-order valence-corrected chi connectivity index (χ2v) is 6.96. The monoisotopic (exact) mass is 365 g/mol. The molecule has 0 atom stereocenters. The van der Waals surface area contributed by atoms with Crippen LogP contribution in [-0.4, -0.2) is 48.2 Å². The third kappa shape index (κ3) is 3.61. The molecule has 140 valence electrons. The highest BCUT2D eigenvalue weighted by molar-refractivity contribution is 5.96. The van der Waals surface area contributed by atoms with Crippen LogP contribution in [0.3, 0.4) is 0 Å². The maximum Gasteiger partial charge on any atom is 0.251 e. The molecule has 3 aromatic rings. The van der Waals surface area contributed by atoms with Gasteiger partial charge in [-0.25, -0.2) is 4.98 Å². The van der Waals surface area contributed by atoms with Crippen LogP contribution in [0.4, 0.5) is 5.82 Å². The van der Waals surface area contributed by atoms with E-state index < -0.39 is 5.54 Å². The number of aryl methyl sites for hydroxylation is 1. The molecule has 0 aromatic carbocycles. The molecule has 1 N–H and O–H groups in total. The van der Waals surface area contributed by atoms with Crippen molar-refractivity contribution in [2.24, 2.45) is 7.05 Å². The van der Waals surface area contributed by atoms with Crippen LogP contribution in [0.5, 0.6) is 0 Å². The second-order valence-electron chi connectivity index (χ2n) is 6.96. The molecule has 0 saturated carbocycles. The van der Waals surface area contributed by atoms with Crippen LogP contribution in [0.2, 0.25) is 0 Å². The minimum Gasteiger partial charge on any atom is -0.322 e. The minimum absolute atomic E-state index is 0.0391. The SMILES string of the molecule is Cn1ccc(NC(=O)C2(n3ccnc3)CCN(Cc3ccncc3)CC2)n1. The predicted octanol–water partition coefficient (Wildman–Crippen LogP) is 1.64. The number of carbonyl (C=O) groups excluding carboxylic acids is 1. The number of likely N-dealkylation sites (tertiary alicyclic amines) is 1. The predicted molar refractivity (Wildman–Crippen MR) is 101 cm³/mol. The first-order valence-corrected chi connectivity index (χ1v) is 9.06. The summed E-state index contributed by atoms with van der Waals surface area (Å²) in [5, 5.41) is 7.25. The summed E-state index contributed by atoms with van der Waals surface area (Å²) in [6.07, 6.45) is 12.2. The number of imidazole rings is 1. The van der Waals surface area contributed by atoms with E-state index in [1.54, 1.807) is 23.3 Å². The second kappa shape index (κ2) is 7.32. The molecule has 1 fully saturated rings. The van der Waals surface area contributed by atoms with Crippen LogP contribution >= 0.6 is 0 Å². The lowest BCUT2D eigenvalue weighted by atomic mass is 9.85. The molecule has 0 aliphatic carbocycles. The summed E-state index contributed by atoms with van der Waals surface area (Å²) in [5.41, 5.74) is 0.584. The minimum atomic E-state index is -0.650. The van der Waals surface area contributed by atoms with Gasteiger partial charge in [0.25, 0.3) is 5.91 Å². The van der Waals surface area contributed by atoms with Gasteiger partial charge in [0.15, 0.2) is 5.82 Å². The number of anilines is 1. The van der Waals surface area contributed by atoms with Gasteiger partial charge in [-0.15, -0.1) is 0 Å². The molecule has 3 aromatic heterocycles. The maximum absolute atomic E-state index is 13.2. The van der Waals surface area contributed by atoms with Crippen molar-refractivity contribution < 1.29 is 4.79 Å². The number of hydrogen-bond donors (Lipinski definition) is 1. The molecule has 1 amide bonds. The summed E-state index contributed by atoms with van der Waals surface area (Å²) in [4.78, 5) is 23.8. The highest BCUT2D eigenvalue weighted by Crippen LogP contribution is 2.32. The van der Waals surface area contributed by atoms with Crippen LogP contribution in [0.15, 0.2) is 55.5 Å². The number of rotatable bonds is 5. The van der Waals surface area contributed by atoms with Crippen molar-refractivity contribution in [3.8, 4) is 0 Å². The first-order valence-electron chi connectivity index (χ1n) is 9.06. The summed E-state index contributed by atoms with van der Waals surface area (Å²) in [7, 11) is 1.83. The highest BCUT2D eigenvalue weighted by Gasteiger charge is 2.43. The third-order valence-corrected chi connectivity index (χ3v) is 5.22. The van der Waals surface area contributed by atoms with Gasteiger partial charge in [0.2, 0.25) is 0 Å². The fourth-order valence-corrected chi connectivity index (χ4v) is 3.66. The number of aromatic nitrogens is 5. The summed E-state index contributed by atoms with van der Waals surface area (Å²) in [5.74, 6) is 0.531. The lowest BCUT2D eigenvalue weighted by molar-refractivity contribution is -0.127. The van der Waals surface area contributed by atoms with Crippen LogP contribution in [0.1, 0.15) is 18.4 Å². The molecule has 0 radical (unpaired) electrons. The third-order valence-electron chi connectivity index (χ3n) is 5.22. The first-order chi connectivity index (χ1) is 13.2. The van der Waals surface area contributed by atoms with E-state index in [0.29, 0.717) is 18.7 Å². The van der Waals surface area contributed by atoms with E-state index in [0.717, 1.165) is 19.6 Å². The summed E-state index contributed by atoms with van der Waals surface area (Å²) < 4.78 is 3.62. The molecule has 4 heterocycles. The Morgan fingerprint density at radius 3 is 2.52 bits per heavy atom. The molecule has 0 bridgehead atoms. The molecule has 1 saturated heterocycles. The van der Waals surface area contributed by atoms with Gasteiger partial charge in [-0.1, -0.05) is 0 Å². The molecule has 27 heavy (non-hydrogen) atoms. The van der Waals surface area contributed by atoms with E-state index in [1.807, 2.05) is 48.5 Å². The average molecular weight is 365 g/mol. The zero-order valence-electron chi connectivity index (χ0n) is 15.3. The molecule has 8 heteroatoms. The standard InChI is InChI=1S/C19H23N7O/c1-24-10-4-17(23-24)22-18(27)19(26-13-9-21-15-26)5-11-25(12-6-19)14-16-2-7-20-8-3-16/h2-4,7-10,13,15H,5-6,11-12,14H2,1H3,(H,22,23,27). The van der Waals surface area contributed by atoms with Crippen LogP contribution in [-0.2, 0) is 23.9 Å². The van der Waals surface area contributed by atoms with Crippen molar-refractivity contribution in [2.45, 2.75) is 24.9 Å². The van der Waals surface area contributed by atoms with E-state index in [4.69, 9.17) is 0 Å². The Bertz CT molecular complexity index is 880. The average Bonchev–Trinajstić information content (AvgIpc) is 3.36. The molecule has 0 unspecified atom stereocenters. The Hall–Kier alpha value is -3.00. The molecular weight excluding hydrogens is 342 g/mol. The van der Waals surface area contributed by atoms with Crippen LogP contribution < -0.4 is 5.32 Å². The van der Waals surface area contributed by atoms with Gasteiger partial charge in [-0.3, -0.25) is 19.4 Å². The van der Waals surface area contributed by atoms with Crippen molar-refractivity contribution in [2.75, 3.05) is 18.4 Å². The number of hydrogen-bond acceptors (Lipinski definition) is 5. The zero-order chi connectivity index (χ0) is 18.7. The number of amides is 1. The van der Waals surface area contributed by atoms with Gasteiger partial charge in [0, 0.05) is 63.7 Å². The molecule has 0 spiro atoms. The fraction of sp³-hybridized carbons (Fsp3) is 0.368. The van der Waals surface area contributed by atoms with E-state index in [2.05, 4.69) is 25.3 Å². The van der Waals surface area contributed by atoms with Gasteiger partial charge in [0.1, 0.15) is 5.54 Å². The summed E-state index contributed by atoms with van der Waals surface area (Å²) >= 11 is 0. The number of carbonyl (C=O) groups is 1. The highest BCUT2D eigenvalue weighted by atomic mass is 16.2. The van der Waals surface area contributed by atoms with Gasteiger partial charge < -0.3 is 9.88 Å². The van der Waals surface area contributed by atoms with Crippen molar-refractivity contribution >= 4 is 11.7 Å². The van der Waals surface area contributed by atoms with Crippen LogP contribution in [0.25, 0.3) is 0 Å². The van der Waals surface area contributed by atoms with E-state index in [-0.39, 0.29) is 5.91 Å². The largest absolute Gasteiger partial charge is 0.322 e. The number of nitrogens with one attached hydrogen (secondary N) is 1. The topological polar surface area (TPSA) is 80.9 Å². The molecular formula is C19H23N7O. The van der Waals surface area contributed by atoms with Crippen LogP contribution in [0, 0.1) is 0 Å². The maximum atomic E-state index is 13.2. The summed E-state index contributed by atoms with van der Waals surface area (Å²) in [6.45, 7) is 2.52. The summed E-state index contributed by atoms with van der Waals surface area (Å²) in [6, 6.07) is 5.87. The van der Waals surface area contributed by atoms with Gasteiger partial charge in [-0.2, -0.15) is 5.10 Å². The van der Waals surface area contributed by atoms with E-state index in [1.165, 1.54) is 5.56 Å². The van der Waals surface area contributed by atoms with Crippen molar-refractivity contribution in [3.63, 3.8) is 0 Å².